The third-order valence-corrected chi connectivity index (χ3v) is 8.72. The Labute approximate surface area is 285 Å². The Hall–Kier alpha value is -1.59. The van der Waals surface area contributed by atoms with Crippen LogP contribution in [0.4, 0.5) is 0 Å². The van der Waals surface area contributed by atoms with Crippen LogP contribution in [0.1, 0.15) is 142 Å². The Morgan fingerprint density at radius 1 is 0.723 bits per heavy atom. The molecule has 0 bridgehead atoms. The molecule has 0 aromatic carbocycles. The summed E-state index contributed by atoms with van der Waals surface area (Å²) in [5.74, 6) is -0.174. The van der Waals surface area contributed by atoms with Gasteiger partial charge in [-0.05, 0) is 70.6 Å². The van der Waals surface area contributed by atoms with Crippen molar-refractivity contribution in [3.8, 4) is 0 Å². The third-order valence-electron chi connectivity index (χ3n) is 8.72. The number of unbranched alkanes of at least 4 members (excludes halogenated alkanes) is 13. The van der Waals surface area contributed by atoms with Gasteiger partial charge < -0.3 is 40.3 Å². The normalized spacial score (nSPS) is 23.3. The molecule has 0 aromatic rings. The molecule has 0 saturated carbocycles. The Bertz CT molecular complexity index is 833. The molecule has 1 amide bonds. The van der Waals surface area contributed by atoms with E-state index in [0.717, 1.165) is 70.6 Å². The summed E-state index contributed by atoms with van der Waals surface area (Å²) in [5.41, 5.74) is 0. The molecule has 0 radical (unpaired) electrons. The Morgan fingerprint density at radius 2 is 1.26 bits per heavy atom. The van der Waals surface area contributed by atoms with E-state index >= 15 is 0 Å². The van der Waals surface area contributed by atoms with E-state index in [4.69, 9.17) is 9.47 Å². The van der Waals surface area contributed by atoms with Crippen molar-refractivity contribution >= 4 is 5.91 Å². The number of nitrogens with one attached hydrogen (secondary N) is 1. The first-order valence-corrected chi connectivity index (χ1v) is 18.7. The number of carbonyl (C=O) groups is 1. The number of amides is 1. The van der Waals surface area contributed by atoms with Gasteiger partial charge in [-0.2, -0.15) is 0 Å². The van der Waals surface area contributed by atoms with Crippen molar-refractivity contribution in [3.63, 3.8) is 0 Å². The molecule has 47 heavy (non-hydrogen) atoms. The van der Waals surface area contributed by atoms with Crippen LogP contribution in [0.3, 0.4) is 0 Å². The van der Waals surface area contributed by atoms with Gasteiger partial charge in [0.2, 0.25) is 5.91 Å². The summed E-state index contributed by atoms with van der Waals surface area (Å²) in [6.45, 7) is 3.70. The van der Waals surface area contributed by atoms with Crippen LogP contribution in [0.15, 0.2) is 36.5 Å². The van der Waals surface area contributed by atoms with E-state index in [1.54, 1.807) is 0 Å². The Morgan fingerprint density at radius 3 is 1.85 bits per heavy atom. The van der Waals surface area contributed by atoms with E-state index in [9.17, 15) is 30.3 Å². The van der Waals surface area contributed by atoms with Crippen LogP contribution in [0.5, 0.6) is 0 Å². The predicted molar refractivity (Wildman–Crippen MR) is 189 cm³/mol. The van der Waals surface area contributed by atoms with Crippen LogP contribution in [-0.4, -0.2) is 87.5 Å². The Kier molecular flexibility index (Phi) is 27.1. The van der Waals surface area contributed by atoms with Crippen molar-refractivity contribution in [1.29, 1.82) is 0 Å². The van der Waals surface area contributed by atoms with Gasteiger partial charge in [0.05, 0.1) is 25.4 Å². The van der Waals surface area contributed by atoms with Gasteiger partial charge in [-0.3, -0.25) is 4.79 Å². The van der Waals surface area contributed by atoms with E-state index < -0.39 is 49.5 Å². The van der Waals surface area contributed by atoms with Crippen molar-refractivity contribution in [2.24, 2.45) is 0 Å². The molecule has 0 spiro atoms. The molecule has 0 aliphatic carbocycles. The van der Waals surface area contributed by atoms with E-state index in [1.807, 2.05) is 0 Å². The number of aliphatic hydroxyl groups is 5. The molecule has 1 heterocycles. The van der Waals surface area contributed by atoms with E-state index in [-0.39, 0.29) is 12.5 Å². The number of ether oxygens (including phenoxy) is 2. The highest BCUT2D eigenvalue weighted by Gasteiger charge is 2.44. The quantitative estimate of drug-likeness (QED) is 0.0411. The molecule has 1 fully saturated rings. The molecule has 274 valence electrons. The zero-order valence-electron chi connectivity index (χ0n) is 29.5. The maximum Gasteiger partial charge on any atom is 0.220 e. The van der Waals surface area contributed by atoms with Crippen LogP contribution in [0.25, 0.3) is 0 Å². The molecule has 1 aliphatic rings. The molecule has 9 nitrogen and oxygen atoms in total. The fourth-order valence-corrected chi connectivity index (χ4v) is 5.59. The van der Waals surface area contributed by atoms with E-state index in [0.29, 0.717) is 12.8 Å². The molecular formula is C38H69NO8. The largest absolute Gasteiger partial charge is 0.394 e. The van der Waals surface area contributed by atoms with Crippen molar-refractivity contribution < 1.29 is 39.8 Å². The van der Waals surface area contributed by atoms with Gasteiger partial charge in [0, 0.05) is 6.42 Å². The fraction of sp³-hybridized carbons (Fsp3) is 0.816. The van der Waals surface area contributed by atoms with Crippen molar-refractivity contribution in [2.75, 3.05) is 13.2 Å². The first kappa shape index (κ1) is 43.4. The second-order valence-electron chi connectivity index (χ2n) is 13.0. The highest BCUT2D eigenvalue weighted by molar-refractivity contribution is 5.76. The first-order chi connectivity index (χ1) is 22.8. The molecule has 9 heteroatoms. The fourth-order valence-electron chi connectivity index (χ4n) is 5.59. The molecule has 1 aliphatic heterocycles. The first-order valence-electron chi connectivity index (χ1n) is 18.7. The maximum atomic E-state index is 12.8. The lowest BCUT2D eigenvalue weighted by molar-refractivity contribution is -0.302. The maximum absolute atomic E-state index is 12.8. The third kappa shape index (κ3) is 21.2. The highest BCUT2D eigenvalue weighted by Crippen LogP contribution is 2.22. The van der Waals surface area contributed by atoms with Gasteiger partial charge in [0.15, 0.2) is 6.29 Å². The number of carbonyl (C=O) groups excluding carboxylic acids is 1. The van der Waals surface area contributed by atoms with Crippen LogP contribution in [-0.2, 0) is 14.3 Å². The standard InChI is InChI=1S/C38H69NO8/c1-3-5-7-9-11-13-14-15-16-17-18-20-22-24-26-28-34(42)39-31(32(41)27-25-23-21-19-12-10-8-6-4-2)30-46-38-37(45)36(44)35(43)33(29-40)47-38/h11-13,15-16,19,31-33,35-38,40-41,43-45H,3-10,14,17-18,20-30H2,1-2H3,(H,39,42)/b13-11+,16-15+,19-12+/t31-,32+,33-,35-,36?,37?,38-/m0/s1. The average Bonchev–Trinajstić information content (AvgIpc) is 3.07. The monoisotopic (exact) mass is 668 g/mol. The highest BCUT2D eigenvalue weighted by atomic mass is 16.7. The summed E-state index contributed by atoms with van der Waals surface area (Å²) in [6, 6.07) is -0.738. The summed E-state index contributed by atoms with van der Waals surface area (Å²) in [4.78, 5) is 12.8. The van der Waals surface area contributed by atoms with E-state index in [2.05, 4.69) is 55.6 Å². The van der Waals surface area contributed by atoms with Crippen LogP contribution in [0, 0.1) is 0 Å². The summed E-state index contributed by atoms with van der Waals surface area (Å²) in [7, 11) is 0. The molecule has 0 aromatic heterocycles. The van der Waals surface area contributed by atoms with Gasteiger partial charge in [0.1, 0.15) is 24.4 Å². The lowest BCUT2D eigenvalue weighted by Gasteiger charge is -2.40. The zero-order valence-corrected chi connectivity index (χ0v) is 29.5. The molecular weight excluding hydrogens is 598 g/mol. The zero-order chi connectivity index (χ0) is 34.5. The van der Waals surface area contributed by atoms with Crippen LogP contribution >= 0.6 is 0 Å². The van der Waals surface area contributed by atoms with Crippen LogP contribution in [0.2, 0.25) is 0 Å². The predicted octanol–water partition coefficient (Wildman–Crippen LogP) is 6.16. The summed E-state index contributed by atoms with van der Waals surface area (Å²) < 4.78 is 11.1. The van der Waals surface area contributed by atoms with Crippen molar-refractivity contribution in [2.45, 2.75) is 185 Å². The van der Waals surface area contributed by atoms with Gasteiger partial charge in [0.25, 0.3) is 0 Å². The second kappa shape index (κ2) is 29.3. The average molecular weight is 668 g/mol. The number of rotatable bonds is 29. The van der Waals surface area contributed by atoms with Gasteiger partial charge >= 0.3 is 0 Å². The minimum absolute atomic E-state index is 0.158. The number of hydrogen-bond donors (Lipinski definition) is 6. The number of aliphatic hydroxyl groups excluding tert-OH is 5. The molecule has 1 saturated heterocycles. The molecule has 1 rings (SSSR count). The summed E-state index contributed by atoms with van der Waals surface area (Å²) in [5, 5.41) is 53.9. The van der Waals surface area contributed by atoms with Gasteiger partial charge in [-0.1, -0.05) is 102 Å². The van der Waals surface area contributed by atoms with E-state index in [1.165, 1.54) is 44.9 Å². The minimum atomic E-state index is -1.56. The van der Waals surface area contributed by atoms with Crippen molar-refractivity contribution in [3.05, 3.63) is 36.5 Å². The summed E-state index contributed by atoms with van der Waals surface area (Å²) >= 11 is 0. The van der Waals surface area contributed by atoms with Crippen LogP contribution < -0.4 is 5.32 Å². The topological polar surface area (TPSA) is 149 Å². The molecule has 2 unspecified atom stereocenters. The second-order valence-corrected chi connectivity index (χ2v) is 13.0. The number of hydrogen-bond acceptors (Lipinski definition) is 8. The minimum Gasteiger partial charge on any atom is -0.394 e. The molecule has 7 atom stereocenters. The lowest BCUT2D eigenvalue weighted by atomic mass is 9.99. The SMILES string of the molecule is CCCCC/C=C/C/C=C/CCCCCCCC(=O)N[C@@H](CO[C@H]1O[C@@H](CO)[C@H](O)C(O)C1O)[C@H](O)CCCC/C=C/CCCCC. The summed E-state index contributed by atoms with van der Waals surface area (Å²) in [6.07, 6.45) is 25.9. The molecule has 6 N–H and O–H groups in total. The van der Waals surface area contributed by atoms with Crippen molar-refractivity contribution in [1.82, 2.24) is 5.32 Å². The Balaban J connectivity index is 2.44. The van der Waals surface area contributed by atoms with Gasteiger partial charge in [-0.25, -0.2) is 0 Å². The number of allylic oxidation sites excluding steroid dienone is 6. The smallest absolute Gasteiger partial charge is 0.220 e. The lowest BCUT2D eigenvalue weighted by Crippen LogP contribution is -2.60. The van der Waals surface area contributed by atoms with Gasteiger partial charge in [-0.15, -0.1) is 0 Å².